The van der Waals surface area contributed by atoms with E-state index in [2.05, 4.69) is 35.8 Å². The predicted molar refractivity (Wildman–Crippen MR) is 116 cm³/mol. The Hall–Kier alpha value is -3.33. The van der Waals surface area contributed by atoms with Crippen molar-refractivity contribution < 1.29 is 9.47 Å². The quantitative estimate of drug-likeness (QED) is 0.497. The molecular weight excluding hydrogens is 346 g/mol. The van der Waals surface area contributed by atoms with Gasteiger partial charge in [0.25, 0.3) is 0 Å². The molecular formula is C25H25NO2. The molecule has 0 aliphatic heterocycles. The van der Waals surface area contributed by atoms with Gasteiger partial charge in [-0.25, -0.2) is 0 Å². The van der Waals surface area contributed by atoms with Gasteiger partial charge in [-0.15, -0.1) is 0 Å². The molecule has 28 heavy (non-hydrogen) atoms. The van der Waals surface area contributed by atoms with Crippen molar-refractivity contribution in [2.24, 2.45) is 0 Å². The van der Waals surface area contributed by atoms with E-state index in [1.54, 1.807) is 14.2 Å². The molecule has 0 spiro atoms. The summed E-state index contributed by atoms with van der Waals surface area (Å²) in [5.74, 6) is 1.70. The minimum atomic E-state index is 0.805. The SMILES string of the molecule is C=C/C(=C\c1c(Cc2cccc(OC)c2)ccnc1C)c1ccc(OC)cc1. The number of benzene rings is 2. The van der Waals surface area contributed by atoms with Crippen LogP contribution in [0.5, 0.6) is 11.5 Å². The molecule has 3 aromatic rings. The molecule has 0 fully saturated rings. The summed E-state index contributed by atoms with van der Waals surface area (Å²) >= 11 is 0. The molecule has 3 rings (SSSR count). The zero-order valence-electron chi connectivity index (χ0n) is 16.6. The highest BCUT2D eigenvalue weighted by Gasteiger charge is 2.08. The number of allylic oxidation sites excluding steroid dienone is 2. The maximum absolute atomic E-state index is 5.36. The van der Waals surface area contributed by atoms with Crippen LogP contribution in [0.3, 0.4) is 0 Å². The van der Waals surface area contributed by atoms with Crippen LogP contribution in [0.2, 0.25) is 0 Å². The number of methoxy groups -OCH3 is 2. The van der Waals surface area contributed by atoms with E-state index in [0.29, 0.717) is 0 Å². The van der Waals surface area contributed by atoms with Crippen LogP contribution in [0.4, 0.5) is 0 Å². The highest BCUT2D eigenvalue weighted by Crippen LogP contribution is 2.26. The fourth-order valence-electron chi connectivity index (χ4n) is 3.18. The summed E-state index contributed by atoms with van der Waals surface area (Å²) < 4.78 is 10.6. The summed E-state index contributed by atoms with van der Waals surface area (Å²) in [4.78, 5) is 4.50. The summed E-state index contributed by atoms with van der Waals surface area (Å²) in [7, 11) is 3.36. The monoisotopic (exact) mass is 371 g/mol. The van der Waals surface area contributed by atoms with Crippen molar-refractivity contribution >= 4 is 11.6 Å². The molecule has 0 saturated carbocycles. The summed E-state index contributed by atoms with van der Waals surface area (Å²) in [6.45, 7) is 6.04. The molecule has 0 aliphatic rings. The summed E-state index contributed by atoms with van der Waals surface area (Å²) in [5, 5.41) is 0. The van der Waals surface area contributed by atoms with Gasteiger partial charge in [-0.1, -0.05) is 36.9 Å². The second-order valence-electron chi connectivity index (χ2n) is 6.53. The average Bonchev–Trinajstić information content (AvgIpc) is 2.74. The Balaban J connectivity index is 2.00. The third-order valence-corrected chi connectivity index (χ3v) is 4.75. The molecule has 1 heterocycles. The minimum Gasteiger partial charge on any atom is -0.497 e. The maximum Gasteiger partial charge on any atom is 0.119 e. The van der Waals surface area contributed by atoms with Gasteiger partial charge in [-0.2, -0.15) is 0 Å². The van der Waals surface area contributed by atoms with Crippen LogP contribution in [-0.2, 0) is 6.42 Å². The van der Waals surface area contributed by atoms with Gasteiger partial charge < -0.3 is 9.47 Å². The molecule has 1 aromatic heterocycles. The number of nitrogens with zero attached hydrogens (tertiary/aromatic N) is 1. The highest BCUT2D eigenvalue weighted by molar-refractivity contribution is 5.88. The highest BCUT2D eigenvalue weighted by atomic mass is 16.5. The first-order chi connectivity index (χ1) is 13.6. The number of hydrogen-bond donors (Lipinski definition) is 0. The average molecular weight is 371 g/mol. The Morgan fingerprint density at radius 2 is 1.75 bits per heavy atom. The first kappa shape index (κ1) is 19.4. The van der Waals surface area contributed by atoms with Crippen LogP contribution in [0.25, 0.3) is 11.6 Å². The lowest BCUT2D eigenvalue weighted by atomic mass is 9.95. The first-order valence-corrected chi connectivity index (χ1v) is 9.20. The zero-order chi connectivity index (χ0) is 19.9. The molecule has 0 radical (unpaired) electrons. The van der Waals surface area contributed by atoms with Gasteiger partial charge in [0.1, 0.15) is 11.5 Å². The Morgan fingerprint density at radius 3 is 2.43 bits per heavy atom. The van der Waals surface area contributed by atoms with Crippen LogP contribution in [0.1, 0.15) is 27.9 Å². The molecule has 0 N–H and O–H groups in total. The Bertz CT molecular complexity index is 988. The number of rotatable bonds is 7. The number of pyridine rings is 1. The third-order valence-electron chi connectivity index (χ3n) is 4.75. The van der Waals surface area contributed by atoms with Gasteiger partial charge in [0, 0.05) is 11.9 Å². The van der Waals surface area contributed by atoms with Gasteiger partial charge >= 0.3 is 0 Å². The standard InChI is InChI=1S/C25H25NO2/c1-5-20(21-9-11-23(27-3)12-10-21)17-25-18(2)26-14-13-22(25)15-19-7-6-8-24(16-19)28-4/h5-14,16-17H,1,15H2,2-4H3/b20-17+. The fourth-order valence-corrected chi connectivity index (χ4v) is 3.18. The Morgan fingerprint density at radius 1 is 1.00 bits per heavy atom. The molecule has 3 heteroatoms. The van der Waals surface area contributed by atoms with Crippen LogP contribution in [0, 0.1) is 6.92 Å². The van der Waals surface area contributed by atoms with E-state index in [1.807, 2.05) is 55.6 Å². The second kappa shape index (κ2) is 9.05. The normalized spacial score (nSPS) is 11.2. The van der Waals surface area contributed by atoms with Crippen LogP contribution < -0.4 is 9.47 Å². The van der Waals surface area contributed by atoms with E-state index < -0.39 is 0 Å². The Labute approximate surface area is 167 Å². The van der Waals surface area contributed by atoms with Crippen molar-refractivity contribution in [1.82, 2.24) is 4.98 Å². The molecule has 0 unspecified atom stereocenters. The van der Waals surface area contributed by atoms with E-state index in [4.69, 9.17) is 9.47 Å². The maximum atomic E-state index is 5.36. The largest absolute Gasteiger partial charge is 0.497 e. The van der Waals surface area contributed by atoms with Gasteiger partial charge in [-0.3, -0.25) is 4.98 Å². The van der Waals surface area contributed by atoms with Crippen LogP contribution in [-0.4, -0.2) is 19.2 Å². The van der Waals surface area contributed by atoms with Crippen molar-refractivity contribution in [3.63, 3.8) is 0 Å². The summed E-state index contributed by atoms with van der Waals surface area (Å²) in [5.41, 5.74) is 6.67. The molecule has 0 aliphatic carbocycles. The molecule has 0 saturated heterocycles. The van der Waals surface area contributed by atoms with Gasteiger partial charge in [0.05, 0.1) is 14.2 Å². The van der Waals surface area contributed by atoms with Crippen LogP contribution >= 0.6 is 0 Å². The molecule has 0 atom stereocenters. The van der Waals surface area contributed by atoms with Gasteiger partial charge in [0.2, 0.25) is 0 Å². The Kier molecular flexibility index (Phi) is 6.28. The van der Waals surface area contributed by atoms with Crippen molar-refractivity contribution in [2.45, 2.75) is 13.3 Å². The van der Waals surface area contributed by atoms with Crippen molar-refractivity contribution in [2.75, 3.05) is 14.2 Å². The van der Waals surface area contributed by atoms with Crippen molar-refractivity contribution in [3.8, 4) is 11.5 Å². The predicted octanol–water partition coefficient (Wildman–Crippen LogP) is 5.72. The topological polar surface area (TPSA) is 31.4 Å². The van der Waals surface area contributed by atoms with Crippen molar-refractivity contribution in [1.29, 1.82) is 0 Å². The number of aryl methyl sites for hydroxylation is 1. The minimum absolute atomic E-state index is 0.805. The lowest BCUT2D eigenvalue weighted by Crippen LogP contribution is -1.98. The summed E-state index contributed by atoms with van der Waals surface area (Å²) in [6.07, 6.45) is 6.71. The lowest BCUT2D eigenvalue weighted by molar-refractivity contribution is 0.414. The lowest BCUT2D eigenvalue weighted by Gasteiger charge is -2.12. The second-order valence-corrected chi connectivity index (χ2v) is 6.53. The first-order valence-electron chi connectivity index (χ1n) is 9.20. The molecule has 142 valence electrons. The van der Waals surface area contributed by atoms with E-state index in [0.717, 1.165) is 40.3 Å². The van der Waals surface area contributed by atoms with E-state index in [9.17, 15) is 0 Å². The molecule has 0 amide bonds. The molecule has 2 aromatic carbocycles. The number of aromatic nitrogens is 1. The summed E-state index contributed by atoms with van der Waals surface area (Å²) in [6, 6.07) is 18.2. The zero-order valence-corrected chi connectivity index (χ0v) is 16.6. The van der Waals surface area contributed by atoms with Crippen LogP contribution in [0.15, 0.2) is 73.4 Å². The van der Waals surface area contributed by atoms with Crippen molar-refractivity contribution in [3.05, 3.63) is 101 Å². The smallest absolute Gasteiger partial charge is 0.119 e. The van der Waals surface area contributed by atoms with E-state index in [1.165, 1.54) is 11.1 Å². The molecule has 0 bridgehead atoms. The fraction of sp³-hybridized carbons (Fsp3) is 0.160. The van der Waals surface area contributed by atoms with Gasteiger partial charge in [-0.05, 0) is 77.6 Å². The van der Waals surface area contributed by atoms with E-state index in [-0.39, 0.29) is 0 Å². The van der Waals surface area contributed by atoms with E-state index >= 15 is 0 Å². The third kappa shape index (κ3) is 4.49. The van der Waals surface area contributed by atoms with Gasteiger partial charge in [0.15, 0.2) is 0 Å². The molecule has 3 nitrogen and oxygen atoms in total. The number of hydrogen-bond acceptors (Lipinski definition) is 3. The number of ether oxygens (including phenoxy) is 2.